The molecule has 0 aliphatic carbocycles. The normalized spacial score (nSPS) is 18.2. The zero-order chi connectivity index (χ0) is 24.0. The number of carbonyl (C=O) groups excluding carboxylic acids is 1. The van der Waals surface area contributed by atoms with E-state index in [0.717, 1.165) is 18.4 Å². The van der Waals surface area contributed by atoms with Crippen LogP contribution in [-0.4, -0.2) is 44.9 Å². The zero-order valence-corrected chi connectivity index (χ0v) is 20.9. The van der Waals surface area contributed by atoms with Crippen molar-refractivity contribution in [1.29, 1.82) is 0 Å². The summed E-state index contributed by atoms with van der Waals surface area (Å²) in [7, 11) is -2.29. The van der Waals surface area contributed by atoms with Gasteiger partial charge in [0.15, 0.2) is 0 Å². The van der Waals surface area contributed by atoms with Gasteiger partial charge in [-0.2, -0.15) is 4.31 Å². The molecular formula is C26H36N2O4S. The molecule has 0 radical (unpaired) electrons. The van der Waals surface area contributed by atoms with Crippen LogP contribution in [0.4, 0.5) is 0 Å². The lowest BCUT2D eigenvalue weighted by Gasteiger charge is -2.32. The standard InChI is InChI=1S/C26H36N2O4S/c1-19(2)22-14-15-24(32-4)25(17-22)33(30,31)28-16-8-11-23(18-28)26(29)27-20(3)12-13-21-9-6-5-7-10-21/h5-7,9-10,14-15,17,19-20,23H,8,11-13,16,18H2,1-4H3,(H,27,29)/t20-,23+/m1/s1. The third kappa shape index (κ3) is 6.36. The highest BCUT2D eigenvalue weighted by Crippen LogP contribution is 2.32. The topological polar surface area (TPSA) is 75.7 Å². The van der Waals surface area contributed by atoms with E-state index in [4.69, 9.17) is 4.74 Å². The van der Waals surface area contributed by atoms with Crippen molar-refractivity contribution in [3.05, 3.63) is 59.7 Å². The predicted octanol–water partition coefficient (Wildman–Crippen LogP) is 4.36. The van der Waals surface area contributed by atoms with Crippen LogP contribution < -0.4 is 10.1 Å². The maximum absolute atomic E-state index is 13.5. The van der Waals surface area contributed by atoms with Gasteiger partial charge in [0.25, 0.3) is 0 Å². The number of methoxy groups -OCH3 is 1. The first-order chi connectivity index (χ1) is 15.7. The molecule has 0 bridgehead atoms. The minimum absolute atomic E-state index is 0.0208. The van der Waals surface area contributed by atoms with Gasteiger partial charge in [-0.3, -0.25) is 4.79 Å². The van der Waals surface area contributed by atoms with E-state index in [9.17, 15) is 13.2 Å². The molecule has 1 aliphatic rings. The summed E-state index contributed by atoms with van der Waals surface area (Å²) in [5.74, 6) is 0.105. The summed E-state index contributed by atoms with van der Waals surface area (Å²) in [6.45, 7) is 6.65. The summed E-state index contributed by atoms with van der Waals surface area (Å²) < 4.78 is 33.8. The number of aryl methyl sites for hydroxylation is 1. The minimum Gasteiger partial charge on any atom is -0.495 e. The number of sulfonamides is 1. The highest BCUT2D eigenvalue weighted by atomic mass is 32.2. The molecular weight excluding hydrogens is 436 g/mol. The second-order valence-electron chi connectivity index (χ2n) is 9.20. The molecule has 1 aliphatic heterocycles. The summed E-state index contributed by atoms with van der Waals surface area (Å²) in [5.41, 5.74) is 2.18. The molecule has 180 valence electrons. The van der Waals surface area contributed by atoms with E-state index in [-0.39, 0.29) is 35.2 Å². The molecule has 2 atom stereocenters. The Labute approximate surface area is 198 Å². The Morgan fingerprint density at radius 1 is 1.15 bits per heavy atom. The van der Waals surface area contributed by atoms with Crippen molar-refractivity contribution < 1.29 is 17.9 Å². The third-order valence-corrected chi connectivity index (χ3v) is 8.21. The lowest BCUT2D eigenvalue weighted by Crippen LogP contribution is -2.47. The number of nitrogens with one attached hydrogen (secondary N) is 1. The van der Waals surface area contributed by atoms with E-state index in [2.05, 4.69) is 17.4 Å². The molecule has 33 heavy (non-hydrogen) atoms. The Bertz CT molecular complexity index is 1040. The SMILES string of the molecule is COc1ccc(C(C)C)cc1S(=O)(=O)N1CCC[C@H](C(=O)N[C@H](C)CCc2ccccc2)C1. The van der Waals surface area contributed by atoms with Gasteiger partial charge in [-0.15, -0.1) is 0 Å². The maximum Gasteiger partial charge on any atom is 0.246 e. The Morgan fingerprint density at radius 3 is 2.55 bits per heavy atom. The maximum atomic E-state index is 13.5. The number of amides is 1. The third-order valence-electron chi connectivity index (χ3n) is 6.32. The Morgan fingerprint density at radius 2 is 1.88 bits per heavy atom. The summed E-state index contributed by atoms with van der Waals surface area (Å²) >= 11 is 0. The van der Waals surface area contributed by atoms with E-state index >= 15 is 0 Å². The quantitative estimate of drug-likeness (QED) is 0.588. The van der Waals surface area contributed by atoms with Crippen LogP contribution in [0, 0.1) is 5.92 Å². The first-order valence-corrected chi connectivity index (χ1v) is 13.2. The van der Waals surface area contributed by atoms with E-state index in [1.807, 2.05) is 45.0 Å². The van der Waals surface area contributed by atoms with Crippen molar-refractivity contribution in [3.63, 3.8) is 0 Å². The molecule has 1 N–H and O–H groups in total. The van der Waals surface area contributed by atoms with Gasteiger partial charge in [0, 0.05) is 19.1 Å². The van der Waals surface area contributed by atoms with Gasteiger partial charge >= 0.3 is 0 Å². The number of hydrogen-bond donors (Lipinski definition) is 1. The van der Waals surface area contributed by atoms with Crippen LogP contribution in [0.15, 0.2) is 53.4 Å². The van der Waals surface area contributed by atoms with Crippen molar-refractivity contribution in [3.8, 4) is 5.75 Å². The second-order valence-corrected chi connectivity index (χ2v) is 11.1. The molecule has 7 heteroatoms. The first kappa shape index (κ1) is 25.2. The highest BCUT2D eigenvalue weighted by Gasteiger charge is 2.35. The van der Waals surface area contributed by atoms with Gasteiger partial charge in [0.05, 0.1) is 13.0 Å². The van der Waals surface area contributed by atoms with Gasteiger partial charge in [-0.05, 0) is 61.8 Å². The number of benzene rings is 2. The second kappa shape index (κ2) is 11.2. The Balaban J connectivity index is 1.67. The lowest BCUT2D eigenvalue weighted by atomic mass is 9.98. The van der Waals surface area contributed by atoms with Crippen LogP contribution in [0.1, 0.15) is 57.1 Å². The van der Waals surface area contributed by atoms with Crippen molar-refractivity contribution in [2.24, 2.45) is 5.92 Å². The Kier molecular flexibility index (Phi) is 8.54. The molecule has 2 aromatic rings. The van der Waals surface area contributed by atoms with Gasteiger partial charge in [-0.1, -0.05) is 50.2 Å². The summed E-state index contributed by atoms with van der Waals surface area (Å²) in [6.07, 6.45) is 3.07. The molecule has 2 aromatic carbocycles. The number of ether oxygens (including phenoxy) is 1. The van der Waals surface area contributed by atoms with Gasteiger partial charge in [0.2, 0.25) is 15.9 Å². The van der Waals surface area contributed by atoms with Crippen molar-refractivity contribution in [1.82, 2.24) is 9.62 Å². The minimum atomic E-state index is -3.77. The first-order valence-electron chi connectivity index (χ1n) is 11.7. The Hall–Kier alpha value is -2.38. The fourth-order valence-electron chi connectivity index (χ4n) is 4.23. The average molecular weight is 473 g/mol. The lowest BCUT2D eigenvalue weighted by molar-refractivity contribution is -0.126. The molecule has 1 amide bonds. The molecule has 1 saturated heterocycles. The monoisotopic (exact) mass is 472 g/mol. The molecule has 6 nitrogen and oxygen atoms in total. The van der Waals surface area contributed by atoms with Crippen molar-refractivity contribution >= 4 is 15.9 Å². The molecule has 0 saturated carbocycles. The van der Waals surface area contributed by atoms with E-state index in [1.54, 1.807) is 12.1 Å². The summed E-state index contributed by atoms with van der Waals surface area (Å²) in [6, 6.07) is 15.5. The van der Waals surface area contributed by atoms with Gasteiger partial charge < -0.3 is 10.1 Å². The van der Waals surface area contributed by atoms with Crippen LogP contribution >= 0.6 is 0 Å². The fraction of sp³-hybridized carbons (Fsp3) is 0.500. The van der Waals surface area contributed by atoms with Crippen molar-refractivity contribution in [2.75, 3.05) is 20.2 Å². The van der Waals surface area contributed by atoms with E-state index < -0.39 is 10.0 Å². The predicted molar refractivity (Wildman–Crippen MR) is 131 cm³/mol. The number of carbonyl (C=O) groups is 1. The van der Waals surface area contributed by atoms with Crippen LogP contribution in [0.3, 0.4) is 0 Å². The molecule has 1 heterocycles. The van der Waals surface area contributed by atoms with Gasteiger partial charge in [-0.25, -0.2) is 8.42 Å². The van der Waals surface area contributed by atoms with Crippen LogP contribution in [0.25, 0.3) is 0 Å². The molecule has 1 fully saturated rings. The fourth-order valence-corrected chi connectivity index (χ4v) is 5.94. The molecule has 0 aromatic heterocycles. The largest absolute Gasteiger partial charge is 0.495 e. The molecule has 3 rings (SSSR count). The molecule has 0 spiro atoms. The summed E-state index contributed by atoms with van der Waals surface area (Å²) in [4.78, 5) is 13.1. The number of nitrogens with zero attached hydrogens (tertiary/aromatic N) is 1. The number of hydrogen-bond acceptors (Lipinski definition) is 4. The van der Waals surface area contributed by atoms with Crippen LogP contribution in [0.5, 0.6) is 5.75 Å². The zero-order valence-electron chi connectivity index (χ0n) is 20.1. The van der Waals surface area contributed by atoms with E-state index in [0.29, 0.717) is 25.1 Å². The smallest absolute Gasteiger partial charge is 0.246 e. The average Bonchev–Trinajstić information content (AvgIpc) is 2.83. The van der Waals surface area contributed by atoms with Crippen LogP contribution in [-0.2, 0) is 21.2 Å². The highest BCUT2D eigenvalue weighted by molar-refractivity contribution is 7.89. The van der Waals surface area contributed by atoms with Crippen molar-refractivity contribution in [2.45, 2.75) is 63.3 Å². The number of piperidine rings is 1. The number of rotatable bonds is 9. The summed E-state index contributed by atoms with van der Waals surface area (Å²) in [5, 5.41) is 3.09. The molecule has 0 unspecified atom stereocenters. The van der Waals surface area contributed by atoms with Gasteiger partial charge in [0.1, 0.15) is 10.6 Å². The van der Waals surface area contributed by atoms with Crippen LogP contribution in [0.2, 0.25) is 0 Å². The van der Waals surface area contributed by atoms with E-state index in [1.165, 1.54) is 17.0 Å².